The summed E-state index contributed by atoms with van der Waals surface area (Å²) >= 11 is 0. The van der Waals surface area contributed by atoms with Crippen molar-refractivity contribution in [1.82, 2.24) is 5.32 Å². The topological polar surface area (TPSA) is 73.9 Å². The molecule has 1 aliphatic carbocycles. The van der Waals surface area contributed by atoms with Gasteiger partial charge in [-0.15, -0.1) is 0 Å². The number of rotatable bonds is 11. The van der Waals surface area contributed by atoms with Crippen molar-refractivity contribution in [3.05, 3.63) is 65.7 Å². The van der Waals surface area contributed by atoms with Gasteiger partial charge < -0.3 is 19.5 Å². The lowest BCUT2D eigenvalue weighted by Gasteiger charge is -2.31. The summed E-state index contributed by atoms with van der Waals surface area (Å²) < 4.78 is 17.0. The first-order chi connectivity index (χ1) is 17.3. The molecule has 196 valence electrons. The van der Waals surface area contributed by atoms with Gasteiger partial charge >= 0.3 is 5.97 Å². The van der Waals surface area contributed by atoms with Gasteiger partial charge in [0.2, 0.25) is 5.91 Å². The first-order valence-electron chi connectivity index (χ1n) is 13.0. The fourth-order valence-electron chi connectivity index (χ4n) is 4.58. The molecule has 36 heavy (non-hydrogen) atoms. The zero-order chi connectivity index (χ0) is 26.0. The molecule has 1 amide bonds. The highest BCUT2D eigenvalue weighted by atomic mass is 16.5. The van der Waals surface area contributed by atoms with E-state index in [0.29, 0.717) is 18.9 Å². The summed E-state index contributed by atoms with van der Waals surface area (Å²) in [5, 5.41) is 2.87. The van der Waals surface area contributed by atoms with E-state index in [4.69, 9.17) is 14.2 Å². The van der Waals surface area contributed by atoms with E-state index >= 15 is 0 Å². The van der Waals surface area contributed by atoms with Crippen LogP contribution < -0.4 is 10.1 Å². The molecule has 0 aliphatic heterocycles. The zero-order valence-corrected chi connectivity index (χ0v) is 22.1. The van der Waals surface area contributed by atoms with E-state index in [1.54, 1.807) is 0 Å². The summed E-state index contributed by atoms with van der Waals surface area (Å²) in [5.74, 6) is 0.639. The molecule has 0 spiro atoms. The summed E-state index contributed by atoms with van der Waals surface area (Å²) in [6, 6.07) is 16.6. The van der Waals surface area contributed by atoms with Crippen LogP contribution in [-0.2, 0) is 32.1 Å². The van der Waals surface area contributed by atoms with Gasteiger partial charge in [0.15, 0.2) is 0 Å². The number of nitrogens with one attached hydrogen (secondary N) is 1. The molecule has 0 bridgehead atoms. The standard InChI is InChI=1S/C30H41NO5/c1-30(2,3)27(36-21-24-13-9-6-10-14-24)28(32)31-26(29(33)34-4)19-22-15-17-25(18-16-22)35-20-23-11-7-5-8-12-23/h6,9-10,13-18,23,26-27H,5,7-8,11-12,19-21H2,1-4H3,(H,31,32)/t26?,27-/m1/s1. The Kier molecular flexibility index (Phi) is 10.4. The number of amides is 1. The van der Waals surface area contributed by atoms with Crippen molar-refractivity contribution in [2.45, 2.75) is 78.0 Å². The van der Waals surface area contributed by atoms with Gasteiger partial charge in [-0.3, -0.25) is 4.79 Å². The average Bonchev–Trinajstić information content (AvgIpc) is 2.88. The molecule has 2 aromatic carbocycles. The molecule has 2 atom stereocenters. The van der Waals surface area contributed by atoms with Gasteiger partial charge in [0, 0.05) is 6.42 Å². The second-order valence-corrected chi connectivity index (χ2v) is 10.8. The van der Waals surface area contributed by atoms with Gasteiger partial charge in [0.1, 0.15) is 17.9 Å². The Labute approximate surface area is 215 Å². The fraction of sp³-hybridized carbons (Fsp3) is 0.533. The number of methoxy groups -OCH3 is 1. The first kappa shape index (κ1) is 27.7. The van der Waals surface area contributed by atoms with Crippen molar-refractivity contribution in [3.8, 4) is 5.75 Å². The normalized spacial score (nSPS) is 16.1. The predicted molar refractivity (Wildman–Crippen MR) is 141 cm³/mol. The summed E-state index contributed by atoms with van der Waals surface area (Å²) in [4.78, 5) is 25.8. The van der Waals surface area contributed by atoms with Gasteiger partial charge in [-0.1, -0.05) is 82.5 Å². The maximum atomic E-state index is 13.3. The third kappa shape index (κ3) is 8.66. The molecule has 1 fully saturated rings. The number of esters is 1. The number of ether oxygens (including phenoxy) is 3. The highest BCUT2D eigenvalue weighted by Crippen LogP contribution is 2.26. The summed E-state index contributed by atoms with van der Waals surface area (Å²) in [6.07, 6.45) is 5.98. The van der Waals surface area contributed by atoms with Crippen molar-refractivity contribution in [1.29, 1.82) is 0 Å². The fourth-order valence-corrected chi connectivity index (χ4v) is 4.58. The van der Waals surface area contributed by atoms with Crippen LogP contribution in [0.1, 0.15) is 64.0 Å². The number of benzene rings is 2. The smallest absolute Gasteiger partial charge is 0.328 e. The van der Waals surface area contributed by atoms with Crippen LogP contribution in [0, 0.1) is 11.3 Å². The van der Waals surface area contributed by atoms with Gasteiger partial charge in [-0.2, -0.15) is 0 Å². The molecule has 0 radical (unpaired) electrons. The molecule has 1 saturated carbocycles. The van der Waals surface area contributed by atoms with Gasteiger partial charge in [0.25, 0.3) is 0 Å². The molecular formula is C30H41NO5. The molecule has 1 aliphatic rings. The first-order valence-corrected chi connectivity index (χ1v) is 13.0. The van der Waals surface area contributed by atoms with Crippen molar-refractivity contribution in [3.63, 3.8) is 0 Å². The van der Waals surface area contributed by atoms with Crippen LogP contribution in [0.15, 0.2) is 54.6 Å². The molecule has 0 aromatic heterocycles. The van der Waals surface area contributed by atoms with Crippen molar-refractivity contribution in [2.24, 2.45) is 11.3 Å². The van der Waals surface area contributed by atoms with Crippen molar-refractivity contribution < 1.29 is 23.8 Å². The molecular weight excluding hydrogens is 454 g/mol. The van der Waals surface area contributed by atoms with E-state index in [1.165, 1.54) is 39.2 Å². The molecule has 0 saturated heterocycles. The van der Waals surface area contributed by atoms with Gasteiger partial charge in [0.05, 0.1) is 20.3 Å². The van der Waals surface area contributed by atoms with Crippen molar-refractivity contribution >= 4 is 11.9 Å². The van der Waals surface area contributed by atoms with Crippen LogP contribution in [0.25, 0.3) is 0 Å². The third-order valence-electron chi connectivity index (χ3n) is 6.66. The minimum Gasteiger partial charge on any atom is -0.493 e. The van der Waals surface area contributed by atoms with E-state index in [-0.39, 0.29) is 5.91 Å². The van der Waals surface area contributed by atoms with Crippen LogP contribution >= 0.6 is 0 Å². The lowest BCUT2D eigenvalue weighted by Crippen LogP contribution is -2.51. The van der Waals surface area contributed by atoms with Crippen LogP contribution in [0.5, 0.6) is 5.75 Å². The SMILES string of the molecule is COC(=O)C(Cc1ccc(OCC2CCCCC2)cc1)NC(=O)[C@@H](OCc1ccccc1)C(C)(C)C. The van der Waals surface area contributed by atoms with Crippen LogP contribution in [0.4, 0.5) is 0 Å². The Bertz CT molecular complexity index is 946. The van der Waals surface area contributed by atoms with Crippen molar-refractivity contribution in [2.75, 3.05) is 13.7 Å². The van der Waals surface area contributed by atoms with Crippen LogP contribution in [0.2, 0.25) is 0 Å². The maximum Gasteiger partial charge on any atom is 0.328 e. The van der Waals surface area contributed by atoms with E-state index in [1.807, 2.05) is 75.4 Å². The molecule has 1 unspecified atom stereocenters. The highest BCUT2D eigenvalue weighted by Gasteiger charge is 2.35. The van der Waals surface area contributed by atoms with Crippen LogP contribution in [-0.4, -0.2) is 37.7 Å². The Balaban J connectivity index is 1.60. The number of hydrogen-bond donors (Lipinski definition) is 1. The lowest BCUT2D eigenvalue weighted by atomic mass is 9.88. The van der Waals surface area contributed by atoms with E-state index in [9.17, 15) is 9.59 Å². The van der Waals surface area contributed by atoms with Gasteiger partial charge in [-0.25, -0.2) is 4.79 Å². The summed E-state index contributed by atoms with van der Waals surface area (Å²) in [7, 11) is 1.33. The zero-order valence-electron chi connectivity index (χ0n) is 22.1. The quantitative estimate of drug-likeness (QED) is 0.418. The molecule has 2 aromatic rings. The van der Waals surface area contributed by atoms with Gasteiger partial charge in [-0.05, 0) is 47.4 Å². The van der Waals surface area contributed by atoms with Crippen LogP contribution in [0.3, 0.4) is 0 Å². The molecule has 0 heterocycles. The average molecular weight is 496 g/mol. The third-order valence-corrected chi connectivity index (χ3v) is 6.66. The summed E-state index contributed by atoms with van der Waals surface area (Å²) in [5.41, 5.74) is 1.43. The molecule has 1 N–H and O–H groups in total. The number of carbonyl (C=O) groups is 2. The van der Waals surface area contributed by atoms with E-state index in [2.05, 4.69) is 5.32 Å². The second kappa shape index (κ2) is 13.4. The van der Waals surface area contributed by atoms with E-state index < -0.39 is 23.5 Å². The lowest BCUT2D eigenvalue weighted by molar-refractivity contribution is -0.150. The monoisotopic (exact) mass is 495 g/mol. The molecule has 3 rings (SSSR count). The predicted octanol–water partition coefficient (Wildman–Crippen LogP) is 5.48. The van der Waals surface area contributed by atoms with E-state index in [0.717, 1.165) is 23.5 Å². The Morgan fingerprint density at radius 1 is 0.944 bits per heavy atom. The Morgan fingerprint density at radius 2 is 1.61 bits per heavy atom. The maximum absolute atomic E-state index is 13.3. The number of hydrogen-bond acceptors (Lipinski definition) is 5. The largest absolute Gasteiger partial charge is 0.493 e. The second-order valence-electron chi connectivity index (χ2n) is 10.8. The molecule has 6 heteroatoms. The minimum atomic E-state index is -0.818. The Morgan fingerprint density at radius 3 is 2.22 bits per heavy atom. The Hall–Kier alpha value is -2.86. The molecule has 6 nitrogen and oxygen atoms in total. The number of carbonyl (C=O) groups excluding carboxylic acids is 2. The minimum absolute atomic E-state index is 0.307. The highest BCUT2D eigenvalue weighted by molar-refractivity contribution is 5.87. The summed E-state index contributed by atoms with van der Waals surface area (Å²) in [6.45, 7) is 6.89.